The molecule has 1 rings (SSSR count). The molecule has 2 N–H and O–H groups in total. The number of ether oxygens (including phenoxy) is 1. The molecule has 0 fully saturated rings. The molecular weight excluding hydrogens is 296 g/mol. The molecule has 0 aliphatic heterocycles. The summed E-state index contributed by atoms with van der Waals surface area (Å²) in [7, 11) is 3.55. The molecule has 0 radical (unpaired) electrons. The fourth-order valence-electron chi connectivity index (χ4n) is 1.53. The summed E-state index contributed by atoms with van der Waals surface area (Å²) in [6.45, 7) is 3.55. The standard InChI is InChI=1S/C14H22N2O2S.ClH/c1-11(14(17)16-10-4-9-15-2)19-13-7-5-12(18-3)6-8-13;/h5-8,11,15H,4,9-10H2,1-3H3,(H,16,17);1H. The molecule has 0 spiro atoms. The number of amides is 1. The highest BCUT2D eigenvalue weighted by Crippen LogP contribution is 2.25. The topological polar surface area (TPSA) is 50.4 Å². The Morgan fingerprint density at radius 3 is 2.50 bits per heavy atom. The Balaban J connectivity index is 0.00000361. The molecule has 0 aromatic heterocycles. The van der Waals surface area contributed by atoms with Crippen LogP contribution in [0.1, 0.15) is 13.3 Å². The van der Waals surface area contributed by atoms with Gasteiger partial charge >= 0.3 is 0 Å². The molecular formula is C14H23ClN2O2S. The van der Waals surface area contributed by atoms with E-state index in [0.717, 1.165) is 23.6 Å². The van der Waals surface area contributed by atoms with E-state index in [4.69, 9.17) is 4.74 Å². The van der Waals surface area contributed by atoms with Crippen LogP contribution in [0, 0.1) is 0 Å². The monoisotopic (exact) mass is 318 g/mol. The first-order valence-corrected chi connectivity index (χ1v) is 7.28. The third kappa shape index (κ3) is 7.03. The largest absolute Gasteiger partial charge is 0.497 e. The first-order chi connectivity index (χ1) is 9.17. The number of hydrogen-bond donors (Lipinski definition) is 2. The van der Waals surface area contributed by atoms with Crippen molar-refractivity contribution >= 4 is 30.1 Å². The van der Waals surface area contributed by atoms with Crippen molar-refractivity contribution in [1.82, 2.24) is 10.6 Å². The van der Waals surface area contributed by atoms with Gasteiger partial charge in [0.25, 0.3) is 0 Å². The lowest BCUT2D eigenvalue weighted by Crippen LogP contribution is -2.32. The Morgan fingerprint density at radius 1 is 1.30 bits per heavy atom. The van der Waals surface area contributed by atoms with Gasteiger partial charge in [-0.25, -0.2) is 0 Å². The summed E-state index contributed by atoms with van der Waals surface area (Å²) in [5, 5.41) is 5.89. The second-order valence-corrected chi connectivity index (χ2v) is 5.60. The summed E-state index contributed by atoms with van der Waals surface area (Å²) in [6.07, 6.45) is 0.947. The molecule has 1 aromatic rings. The van der Waals surface area contributed by atoms with Crippen molar-refractivity contribution in [2.45, 2.75) is 23.5 Å². The van der Waals surface area contributed by atoms with Crippen LogP contribution >= 0.6 is 24.2 Å². The van der Waals surface area contributed by atoms with E-state index in [1.165, 1.54) is 0 Å². The second-order valence-electron chi connectivity index (χ2n) is 4.18. The number of methoxy groups -OCH3 is 1. The Morgan fingerprint density at radius 2 is 1.95 bits per heavy atom. The van der Waals surface area contributed by atoms with Gasteiger partial charge in [0.05, 0.1) is 12.4 Å². The maximum absolute atomic E-state index is 11.9. The summed E-state index contributed by atoms with van der Waals surface area (Å²) in [4.78, 5) is 12.9. The van der Waals surface area contributed by atoms with Gasteiger partial charge in [0, 0.05) is 11.4 Å². The van der Waals surface area contributed by atoms with Crippen LogP contribution in [0.3, 0.4) is 0 Å². The number of carbonyl (C=O) groups excluding carboxylic acids is 1. The van der Waals surface area contributed by atoms with Crippen molar-refractivity contribution in [3.63, 3.8) is 0 Å². The minimum atomic E-state index is -0.0945. The van der Waals surface area contributed by atoms with Crippen molar-refractivity contribution in [2.24, 2.45) is 0 Å². The maximum atomic E-state index is 11.9. The average molecular weight is 319 g/mol. The highest BCUT2D eigenvalue weighted by molar-refractivity contribution is 8.00. The van der Waals surface area contributed by atoms with E-state index in [-0.39, 0.29) is 23.6 Å². The van der Waals surface area contributed by atoms with Gasteiger partial charge in [-0.2, -0.15) is 0 Å². The third-order valence-electron chi connectivity index (χ3n) is 2.64. The van der Waals surface area contributed by atoms with Crippen LogP contribution in [0.2, 0.25) is 0 Å². The summed E-state index contributed by atoms with van der Waals surface area (Å²) < 4.78 is 5.10. The van der Waals surface area contributed by atoms with Gasteiger partial charge < -0.3 is 15.4 Å². The predicted molar refractivity (Wildman–Crippen MR) is 87.1 cm³/mol. The van der Waals surface area contributed by atoms with Crippen LogP contribution in [0.25, 0.3) is 0 Å². The number of carbonyl (C=O) groups is 1. The lowest BCUT2D eigenvalue weighted by atomic mass is 10.3. The number of nitrogens with one attached hydrogen (secondary N) is 2. The molecule has 0 bridgehead atoms. The fraction of sp³-hybridized carbons (Fsp3) is 0.500. The Labute approximate surface area is 131 Å². The minimum Gasteiger partial charge on any atom is -0.497 e. The Kier molecular flexibility index (Phi) is 10.3. The maximum Gasteiger partial charge on any atom is 0.233 e. The summed E-state index contributed by atoms with van der Waals surface area (Å²) in [5.74, 6) is 0.908. The quantitative estimate of drug-likeness (QED) is 0.570. The molecule has 1 amide bonds. The van der Waals surface area contributed by atoms with Gasteiger partial charge in [0.15, 0.2) is 0 Å². The van der Waals surface area contributed by atoms with Crippen LogP contribution in [-0.2, 0) is 4.79 Å². The van der Waals surface area contributed by atoms with Gasteiger partial charge in [-0.05, 0) is 51.2 Å². The number of halogens is 1. The molecule has 0 saturated heterocycles. The van der Waals surface area contributed by atoms with Gasteiger partial charge in [-0.15, -0.1) is 24.2 Å². The number of benzene rings is 1. The first-order valence-electron chi connectivity index (χ1n) is 6.40. The van der Waals surface area contributed by atoms with E-state index in [9.17, 15) is 4.79 Å². The van der Waals surface area contributed by atoms with Crippen LogP contribution in [0.4, 0.5) is 0 Å². The van der Waals surface area contributed by atoms with Crippen LogP contribution in [0.5, 0.6) is 5.75 Å². The summed E-state index contributed by atoms with van der Waals surface area (Å²) in [5.41, 5.74) is 0. The normalized spacial score (nSPS) is 11.3. The van der Waals surface area contributed by atoms with E-state index < -0.39 is 0 Å². The van der Waals surface area contributed by atoms with Gasteiger partial charge in [0.1, 0.15) is 5.75 Å². The molecule has 1 unspecified atom stereocenters. The highest BCUT2D eigenvalue weighted by atomic mass is 35.5. The Hall–Kier alpha value is -0.910. The van der Waals surface area contributed by atoms with E-state index >= 15 is 0 Å². The van der Waals surface area contributed by atoms with Crippen LogP contribution in [0.15, 0.2) is 29.2 Å². The molecule has 0 aliphatic carbocycles. The second kappa shape index (κ2) is 10.8. The molecule has 0 saturated carbocycles. The number of rotatable bonds is 8. The number of thioether (sulfide) groups is 1. The highest BCUT2D eigenvalue weighted by Gasteiger charge is 2.13. The van der Waals surface area contributed by atoms with E-state index in [0.29, 0.717) is 6.54 Å². The molecule has 6 heteroatoms. The Bertz CT molecular complexity index is 387. The fourth-order valence-corrected chi connectivity index (χ4v) is 2.42. The SMILES string of the molecule is CNCCCNC(=O)C(C)Sc1ccc(OC)cc1.Cl. The molecule has 0 heterocycles. The van der Waals surface area contributed by atoms with Crippen molar-refractivity contribution in [1.29, 1.82) is 0 Å². The van der Waals surface area contributed by atoms with Crippen molar-refractivity contribution in [2.75, 3.05) is 27.2 Å². The smallest absolute Gasteiger partial charge is 0.233 e. The van der Waals surface area contributed by atoms with Crippen molar-refractivity contribution in [3.05, 3.63) is 24.3 Å². The zero-order chi connectivity index (χ0) is 14.1. The summed E-state index contributed by atoms with van der Waals surface area (Å²) in [6, 6.07) is 7.74. The molecule has 114 valence electrons. The van der Waals surface area contributed by atoms with E-state index in [1.807, 2.05) is 38.2 Å². The van der Waals surface area contributed by atoms with Gasteiger partial charge in [-0.1, -0.05) is 0 Å². The predicted octanol–water partition coefficient (Wildman–Crippen LogP) is 2.32. The average Bonchev–Trinajstić information content (AvgIpc) is 2.44. The van der Waals surface area contributed by atoms with Gasteiger partial charge in [-0.3, -0.25) is 4.79 Å². The van der Waals surface area contributed by atoms with Crippen molar-refractivity contribution < 1.29 is 9.53 Å². The van der Waals surface area contributed by atoms with Crippen LogP contribution in [-0.4, -0.2) is 38.4 Å². The minimum absolute atomic E-state index is 0. The van der Waals surface area contributed by atoms with E-state index in [1.54, 1.807) is 18.9 Å². The van der Waals surface area contributed by atoms with Crippen LogP contribution < -0.4 is 15.4 Å². The zero-order valence-corrected chi connectivity index (χ0v) is 13.8. The van der Waals surface area contributed by atoms with Crippen molar-refractivity contribution in [3.8, 4) is 5.75 Å². The molecule has 1 atom stereocenters. The molecule has 20 heavy (non-hydrogen) atoms. The first kappa shape index (κ1) is 19.1. The number of hydrogen-bond acceptors (Lipinski definition) is 4. The summed E-state index contributed by atoms with van der Waals surface area (Å²) >= 11 is 1.55. The molecule has 0 aliphatic rings. The zero-order valence-electron chi connectivity index (χ0n) is 12.1. The van der Waals surface area contributed by atoms with Gasteiger partial charge in [0.2, 0.25) is 5.91 Å². The third-order valence-corrected chi connectivity index (χ3v) is 3.76. The lowest BCUT2D eigenvalue weighted by Gasteiger charge is -2.12. The van der Waals surface area contributed by atoms with E-state index in [2.05, 4.69) is 10.6 Å². The lowest BCUT2D eigenvalue weighted by molar-refractivity contribution is -0.120. The molecule has 4 nitrogen and oxygen atoms in total. The molecule has 1 aromatic carbocycles.